The highest BCUT2D eigenvalue weighted by molar-refractivity contribution is 5.14. The van der Waals surface area contributed by atoms with Gasteiger partial charge in [-0.1, -0.05) is 33.8 Å². The van der Waals surface area contributed by atoms with Gasteiger partial charge in [0.25, 0.3) is 0 Å². The molecular formula is C14H23NO. The molecule has 1 aromatic rings. The van der Waals surface area contributed by atoms with Crippen molar-refractivity contribution >= 4 is 0 Å². The second-order valence-electron chi connectivity index (χ2n) is 5.45. The Morgan fingerprint density at radius 3 is 2.50 bits per heavy atom. The fraction of sp³-hybridized carbons (Fsp3) is 0.643. The summed E-state index contributed by atoms with van der Waals surface area (Å²) in [4.78, 5) is 4.41. The van der Waals surface area contributed by atoms with Crippen molar-refractivity contribution < 1.29 is 4.74 Å². The van der Waals surface area contributed by atoms with Gasteiger partial charge in [-0.2, -0.15) is 0 Å². The first-order chi connectivity index (χ1) is 7.51. The predicted octanol–water partition coefficient (Wildman–Crippen LogP) is 3.60. The molecule has 0 spiro atoms. The van der Waals surface area contributed by atoms with Crippen molar-refractivity contribution in [1.82, 2.24) is 4.98 Å². The van der Waals surface area contributed by atoms with Crippen LogP contribution in [0.25, 0.3) is 0 Å². The first kappa shape index (κ1) is 13.2. The van der Waals surface area contributed by atoms with Gasteiger partial charge in [-0.05, 0) is 29.9 Å². The van der Waals surface area contributed by atoms with E-state index in [-0.39, 0.29) is 0 Å². The lowest BCUT2D eigenvalue weighted by Crippen LogP contribution is -2.09. The summed E-state index contributed by atoms with van der Waals surface area (Å²) in [6, 6.07) is 4.22. The lowest BCUT2D eigenvalue weighted by molar-refractivity contribution is 0.119. The number of hydrogen-bond acceptors (Lipinski definition) is 2. The van der Waals surface area contributed by atoms with Crippen LogP contribution in [0.4, 0.5) is 0 Å². The summed E-state index contributed by atoms with van der Waals surface area (Å²) in [6.45, 7) is 10.3. The quantitative estimate of drug-likeness (QED) is 0.709. The molecule has 0 aliphatic heterocycles. The summed E-state index contributed by atoms with van der Waals surface area (Å²) in [5, 5.41) is 0. The fourth-order valence-corrected chi connectivity index (χ4v) is 1.58. The summed E-state index contributed by atoms with van der Waals surface area (Å²) in [6.07, 6.45) is 4.09. The minimum atomic E-state index is 0.321. The second-order valence-corrected chi connectivity index (χ2v) is 5.45. The molecule has 2 heteroatoms. The van der Waals surface area contributed by atoms with Crippen LogP contribution in [0.3, 0.4) is 0 Å². The highest BCUT2D eigenvalue weighted by atomic mass is 16.5. The summed E-state index contributed by atoms with van der Waals surface area (Å²) >= 11 is 0. The normalized spacial score (nSPS) is 11.8. The minimum absolute atomic E-state index is 0.321. The van der Waals surface area contributed by atoms with E-state index >= 15 is 0 Å². The Bertz CT molecular complexity index is 298. The van der Waals surface area contributed by atoms with Crippen LogP contribution >= 0.6 is 0 Å². The van der Waals surface area contributed by atoms with Crippen molar-refractivity contribution in [3.63, 3.8) is 0 Å². The number of pyridine rings is 1. The number of ether oxygens (including phenoxy) is 1. The van der Waals surface area contributed by atoms with Crippen LogP contribution < -0.4 is 0 Å². The van der Waals surface area contributed by atoms with Gasteiger partial charge >= 0.3 is 0 Å². The van der Waals surface area contributed by atoms with Gasteiger partial charge in [0.2, 0.25) is 0 Å². The van der Waals surface area contributed by atoms with E-state index in [0.29, 0.717) is 12.0 Å². The van der Waals surface area contributed by atoms with Gasteiger partial charge in [0.05, 0.1) is 12.3 Å². The van der Waals surface area contributed by atoms with E-state index in [1.165, 1.54) is 5.56 Å². The molecule has 0 saturated carbocycles. The van der Waals surface area contributed by atoms with Gasteiger partial charge < -0.3 is 4.74 Å². The maximum absolute atomic E-state index is 5.45. The van der Waals surface area contributed by atoms with E-state index in [9.17, 15) is 0 Å². The molecule has 1 rings (SSSR count). The molecule has 2 nitrogen and oxygen atoms in total. The molecule has 0 bridgehead atoms. The van der Waals surface area contributed by atoms with E-state index in [1.54, 1.807) is 0 Å². The average molecular weight is 221 g/mol. The molecule has 90 valence electrons. The number of rotatable bonds is 5. The number of hydrogen-bond donors (Lipinski definition) is 0. The summed E-state index contributed by atoms with van der Waals surface area (Å²) < 4.78 is 5.45. The van der Waals surface area contributed by atoms with Crippen LogP contribution in [0.1, 0.15) is 45.4 Å². The SMILES string of the molecule is CCCOCc1ccc(CC(C)(C)C)cn1. The first-order valence-electron chi connectivity index (χ1n) is 6.03. The van der Waals surface area contributed by atoms with Gasteiger partial charge in [0, 0.05) is 12.8 Å². The van der Waals surface area contributed by atoms with Gasteiger partial charge in [-0.25, -0.2) is 0 Å². The van der Waals surface area contributed by atoms with Gasteiger partial charge in [-0.15, -0.1) is 0 Å². The standard InChI is InChI=1S/C14H23NO/c1-5-8-16-11-13-7-6-12(10-15-13)9-14(2,3)4/h6-7,10H,5,8-9,11H2,1-4H3. The van der Waals surface area contributed by atoms with E-state index < -0.39 is 0 Å². The van der Waals surface area contributed by atoms with E-state index in [0.717, 1.165) is 25.1 Å². The molecule has 0 radical (unpaired) electrons. The smallest absolute Gasteiger partial charge is 0.0887 e. The largest absolute Gasteiger partial charge is 0.375 e. The fourth-order valence-electron chi connectivity index (χ4n) is 1.58. The highest BCUT2D eigenvalue weighted by Crippen LogP contribution is 2.19. The first-order valence-corrected chi connectivity index (χ1v) is 6.03. The molecule has 0 aromatic carbocycles. The lowest BCUT2D eigenvalue weighted by atomic mass is 9.89. The van der Waals surface area contributed by atoms with Crippen molar-refractivity contribution in [1.29, 1.82) is 0 Å². The van der Waals surface area contributed by atoms with Gasteiger partial charge in [0.1, 0.15) is 0 Å². The molecule has 0 unspecified atom stereocenters. The zero-order valence-electron chi connectivity index (χ0n) is 10.9. The third kappa shape index (κ3) is 5.26. The maximum Gasteiger partial charge on any atom is 0.0887 e. The Morgan fingerprint density at radius 2 is 2.00 bits per heavy atom. The van der Waals surface area contributed by atoms with E-state index in [1.807, 2.05) is 6.20 Å². The Kier molecular flexibility index (Phi) is 4.94. The second kappa shape index (κ2) is 6.00. The van der Waals surface area contributed by atoms with Crippen LogP contribution in [0.15, 0.2) is 18.3 Å². The predicted molar refractivity (Wildman–Crippen MR) is 67.3 cm³/mol. The molecule has 1 aromatic heterocycles. The molecule has 16 heavy (non-hydrogen) atoms. The monoisotopic (exact) mass is 221 g/mol. The molecule has 0 atom stereocenters. The molecule has 0 N–H and O–H groups in total. The van der Waals surface area contributed by atoms with Crippen molar-refractivity contribution in [2.45, 2.75) is 47.1 Å². The summed E-state index contributed by atoms with van der Waals surface area (Å²) in [5.41, 5.74) is 2.64. The van der Waals surface area contributed by atoms with Crippen molar-refractivity contribution in [2.75, 3.05) is 6.61 Å². The highest BCUT2D eigenvalue weighted by Gasteiger charge is 2.11. The Labute approximate surface area is 99.0 Å². The molecule has 0 aliphatic carbocycles. The Morgan fingerprint density at radius 1 is 1.25 bits per heavy atom. The lowest BCUT2D eigenvalue weighted by Gasteiger charge is -2.17. The van der Waals surface area contributed by atoms with Gasteiger partial charge in [-0.3, -0.25) is 4.98 Å². The van der Waals surface area contributed by atoms with Gasteiger partial charge in [0.15, 0.2) is 0 Å². The van der Waals surface area contributed by atoms with E-state index in [4.69, 9.17) is 4.74 Å². The van der Waals surface area contributed by atoms with Crippen molar-refractivity contribution in [3.8, 4) is 0 Å². The Hall–Kier alpha value is -0.890. The molecule has 0 amide bonds. The molecule has 0 aliphatic rings. The summed E-state index contributed by atoms with van der Waals surface area (Å²) in [7, 11) is 0. The van der Waals surface area contributed by atoms with Crippen LogP contribution in [-0.4, -0.2) is 11.6 Å². The Balaban J connectivity index is 2.48. The number of aromatic nitrogens is 1. The third-order valence-corrected chi connectivity index (χ3v) is 2.22. The zero-order valence-corrected chi connectivity index (χ0v) is 10.9. The third-order valence-electron chi connectivity index (χ3n) is 2.22. The van der Waals surface area contributed by atoms with E-state index in [2.05, 4.69) is 44.8 Å². The topological polar surface area (TPSA) is 22.1 Å². The minimum Gasteiger partial charge on any atom is -0.375 e. The average Bonchev–Trinajstić information content (AvgIpc) is 2.19. The summed E-state index contributed by atoms with van der Waals surface area (Å²) in [5.74, 6) is 0. The zero-order chi connectivity index (χ0) is 12.0. The van der Waals surface area contributed by atoms with Crippen LogP contribution in [-0.2, 0) is 17.8 Å². The molecule has 0 saturated heterocycles. The number of nitrogens with zero attached hydrogens (tertiary/aromatic N) is 1. The van der Waals surface area contributed by atoms with Crippen molar-refractivity contribution in [3.05, 3.63) is 29.6 Å². The van der Waals surface area contributed by atoms with Crippen LogP contribution in [0.2, 0.25) is 0 Å². The maximum atomic E-state index is 5.45. The van der Waals surface area contributed by atoms with Crippen LogP contribution in [0.5, 0.6) is 0 Å². The molecule has 1 heterocycles. The van der Waals surface area contributed by atoms with Crippen LogP contribution in [0, 0.1) is 5.41 Å². The molecule has 0 fully saturated rings. The van der Waals surface area contributed by atoms with Crippen molar-refractivity contribution in [2.24, 2.45) is 5.41 Å². The molecular weight excluding hydrogens is 198 g/mol.